The summed E-state index contributed by atoms with van der Waals surface area (Å²) in [5.41, 5.74) is 2.94. The van der Waals surface area contributed by atoms with Crippen LogP contribution in [0.1, 0.15) is 15.9 Å². The van der Waals surface area contributed by atoms with Crippen molar-refractivity contribution >= 4 is 57.8 Å². The van der Waals surface area contributed by atoms with Gasteiger partial charge >= 0.3 is 0 Å². The van der Waals surface area contributed by atoms with Crippen molar-refractivity contribution in [3.8, 4) is 0 Å². The predicted molar refractivity (Wildman–Crippen MR) is 120 cm³/mol. The van der Waals surface area contributed by atoms with Crippen molar-refractivity contribution in [2.75, 3.05) is 10.6 Å². The van der Waals surface area contributed by atoms with E-state index >= 15 is 0 Å². The molecule has 0 saturated carbocycles. The first-order valence-corrected chi connectivity index (χ1v) is 9.62. The van der Waals surface area contributed by atoms with E-state index in [9.17, 15) is 4.79 Å². The fraction of sp³-hybridized carbons (Fsp3) is 0.0476. The summed E-state index contributed by atoms with van der Waals surface area (Å²) >= 11 is 17.3. The second kappa shape index (κ2) is 9.55. The van der Waals surface area contributed by atoms with Gasteiger partial charge in [0.05, 0.1) is 0 Å². The average molecular weight is 430 g/mol. The van der Waals surface area contributed by atoms with E-state index in [1.807, 2.05) is 36.4 Å². The molecule has 0 aromatic heterocycles. The Morgan fingerprint density at radius 2 is 1.50 bits per heavy atom. The topological polar surface area (TPSA) is 53.2 Å². The Morgan fingerprint density at radius 1 is 0.821 bits per heavy atom. The number of thiocarbonyl (C=S) groups is 1. The largest absolute Gasteiger partial charge is 0.348 e. The van der Waals surface area contributed by atoms with Gasteiger partial charge in [-0.05, 0) is 54.2 Å². The molecule has 0 unspecified atom stereocenters. The maximum absolute atomic E-state index is 12.4. The number of amides is 1. The van der Waals surface area contributed by atoms with E-state index in [0.717, 1.165) is 5.56 Å². The van der Waals surface area contributed by atoms with Gasteiger partial charge in [0.25, 0.3) is 5.91 Å². The number of hydrogen-bond donors (Lipinski definition) is 3. The lowest BCUT2D eigenvalue weighted by Crippen LogP contribution is -2.23. The molecule has 0 atom stereocenters. The molecule has 3 N–H and O–H groups in total. The highest BCUT2D eigenvalue weighted by Gasteiger charge is 2.07. The smallest absolute Gasteiger partial charge is 0.251 e. The molecule has 3 aromatic carbocycles. The third kappa shape index (κ3) is 5.96. The van der Waals surface area contributed by atoms with Gasteiger partial charge < -0.3 is 16.0 Å². The molecular weight excluding hydrogens is 413 g/mol. The van der Waals surface area contributed by atoms with Crippen LogP contribution in [0.15, 0.2) is 72.8 Å². The number of anilines is 2. The first kappa shape index (κ1) is 20.1. The van der Waals surface area contributed by atoms with Gasteiger partial charge in [-0.15, -0.1) is 0 Å². The van der Waals surface area contributed by atoms with Crippen LogP contribution in [-0.4, -0.2) is 11.0 Å². The van der Waals surface area contributed by atoms with Crippen molar-refractivity contribution in [1.29, 1.82) is 0 Å². The summed E-state index contributed by atoms with van der Waals surface area (Å²) in [5, 5.41) is 10.4. The quantitative estimate of drug-likeness (QED) is 0.453. The molecule has 0 aliphatic heterocycles. The summed E-state index contributed by atoms with van der Waals surface area (Å²) in [6.45, 7) is 0.465. The molecule has 142 valence electrons. The highest BCUT2D eigenvalue weighted by molar-refractivity contribution is 7.80. The molecule has 0 saturated heterocycles. The van der Waals surface area contributed by atoms with Crippen molar-refractivity contribution in [3.05, 3.63) is 94.0 Å². The number of rotatable bonds is 5. The molecule has 0 fully saturated rings. The number of nitrogens with one attached hydrogen (secondary N) is 3. The van der Waals surface area contributed by atoms with Crippen LogP contribution in [0.2, 0.25) is 10.0 Å². The first-order valence-electron chi connectivity index (χ1n) is 8.46. The van der Waals surface area contributed by atoms with Crippen molar-refractivity contribution < 1.29 is 4.79 Å². The molecule has 0 heterocycles. The van der Waals surface area contributed by atoms with Crippen LogP contribution in [0.25, 0.3) is 0 Å². The van der Waals surface area contributed by atoms with Crippen LogP contribution in [0.3, 0.4) is 0 Å². The molecule has 3 rings (SSSR count). The standard InChI is InChI=1S/C21H17Cl2N3OS/c22-16-10-17(23)12-19(11-16)26-21(28)25-18-8-4-7-15(9-18)20(27)24-13-14-5-2-1-3-6-14/h1-12H,13H2,(H,24,27)(H2,25,26,28). The second-order valence-corrected chi connectivity index (χ2v) is 7.27. The lowest BCUT2D eigenvalue weighted by molar-refractivity contribution is 0.0951. The first-order chi connectivity index (χ1) is 13.5. The van der Waals surface area contributed by atoms with Crippen LogP contribution < -0.4 is 16.0 Å². The molecule has 0 radical (unpaired) electrons. The maximum atomic E-state index is 12.4. The normalized spacial score (nSPS) is 10.2. The molecule has 1 amide bonds. The molecule has 3 aromatic rings. The summed E-state index contributed by atoms with van der Waals surface area (Å²) in [6, 6.07) is 21.9. The monoisotopic (exact) mass is 429 g/mol. The van der Waals surface area contributed by atoms with Gasteiger partial charge in [-0.25, -0.2) is 0 Å². The molecule has 4 nitrogen and oxygen atoms in total. The van der Waals surface area contributed by atoms with E-state index in [4.69, 9.17) is 35.4 Å². The van der Waals surface area contributed by atoms with E-state index in [1.54, 1.807) is 36.4 Å². The Balaban J connectivity index is 1.60. The zero-order chi connectivity index (χ0) is 19.9. The van der Waals surface area contributed by atoms with Gasteiger partial charge in [0.15, 0.2) is 5.11 Å². The molecule has 28 heavy (non-hydrogen) atoms. The van der Waals surface area contributed by atoms with E-state index in [2.05, 4.69) is 16.0 Å². The van der Waals surface area contributed by atoms with Gasteiger partial charge in [-0.1, -0.05) is 59.6 Å². The summed E-state index contributed by atoms with van der Waals surface area (Å²) in [6.07, 6.45) is 0. The van der Waals surface area contributed by atoms with Crippen LogP contribution in [0.4, 0.5) is 11.4 Å². The summed E-state index contributed by atoms with van der Waals surface area (Å²) < 4.78 is 0. The van der Waals surface area contributed by atoms with Crippen molar-refractivity contribution in [2.24, 2.45) is 0 Å². The van der Waals surface area contributed by atoms with E-state index in [-0.39, 0.29) is 5.91 Å². The Morgan fingerprint density at radius 3 is 2.21 bits per heavy atom. The lowest BCUT2D eigenvalue weighted by Gasteiger charge is -2.12. The number of hydrogen-bond acceptors (Lipinski definition) is 2. The minimum absolute atomic E-state index is 0.159. The molecule has 7 heteroatoms. The number of halogens is 2. The predicted octanol–water partition coefficient (Wildman–Crippen LogP) is 5.73. The third-order valence-corrected chi connectivity index (χ3v) is 4.44. The number of carbonyl (C=O) groups excluding carboxylic acids is 1. The van der Waals surface area contributed by atoms with Gasteiger partial charge in [-0.3, -0.25) is 4.79 Å². The summed E-state index contributed by atoms with van der Waals surface area (Å²) in [7, 11) is 0. The molecule has 0 spiro atoms. The van der Waals surface area contributed by atoms with Crippen molar-refractivity contribution in [1.82, 2.24) is 5.32 Å². The average Bonchev–Trinajstić information content (AvgIpc) is 2.66. The summed E-state index contributed by atoms with van der Waals surface area (Å²) in [5.74, 6) is -0.159. The number of benzene rings is 3. The zero-order valence-corrected chi connectivity index (χ0v) is 17.0. The molecule has 0 aliphatic carbocycles. The second-order valence-electron chi connectivity index (χ2n) is 5.99. The molecule has 0 bridgehead atoms. The Kier molecular flexibility index (Phi) is 6.87. The van der Waals surface area contributed by atoms with Gasteiger partial charge in [0.1, 0.15) is 0 Å². The molecule has 0 aliphatic rings. The number of carbonyl (C=O) groups is 1. The molecular formula is C21H17Cl2N3OS. The fourth-order valence-electron chi connectivity index (χ4n) is 2.54. The van der Waals surface area contributed by atoms with Gasteiger partial charge in [0.2, 0.25) is 0 Å². The zero-order valence-electron chi connectivity index (χ0n) is 14.7. The Hall–Kier alpha value is -2.60. The van der Waals surface area contributed by atoms with E-state index in [1.165, 1.54) is 0 Å². The summed E-state index contributed by atoms with van der Waals surface area (Å²) in [4.78, 5) is 12.4. The fourth-order valence-corrected chi connectivity index (χ4v) is 3.30. The van der Waals surface area contributed by atoms with Crippen LogP contribution >= 0.6 is 35.4 Å². The van der Waals surface area contributed by atoms with Crippen molar-refractivity contribution in [3.63, 3.8) is 0 Å². The Labute approximate surface area is 178 Å². The minimum Gasteiger partial charge on any atom is -0.348 e. The van der Waals surface area contributed by atoms with E-state index < -0.39 is 0 Å². The lowest BCUT2D eigenvalue weighted by atomic mass is 10.1. The van der Waals surface area contributed by atoms with Crippen LogP contribution in [0, 0.1) is 0 Å². The van der Waals surface area contributed by atoms with Crippen LogP contribution in [-0.2, 0) is 6.54 Å². The minimum atomic E-state index is -0.159. The van der Waals surface area contributed by atoms with Crippen molar-refractivity contribution in [2.45, 2.75) is 6.54 Å². The van der Waals surface area contributed by atoms with Gasteiger partial charge in [0, 0.05) is 33.5 Å². The highest BCUT2D eigenvalue weighted by Crippen LogP contribution is 2.22. The SMILES string of the molecule is O=C(NCc1ccccc1)c1cccc(NC(=S)Nc2cc(Cl)cc(Cl)c2)c1. The highest BCUT2D eigenvalue weighted by atomic mass is 35.5. The Bertz CT molecular complexity index is 976. The van der Waals surface area contributed by atoms with Crippen LogP contribution in [0.5, 0.6) is 0 Å². The van der Waals surface area contributed by atoms with Gasteiger partial charge in [-0.2, -0.15) is 0 Å². The maximum Gasteiger partial charge on any atom is 0.251 e. The van der Waals surface area contributed by atoms with E-state index in [0.29, 0.717) is 38.6 Å². The third-order valence-electron chi connectivity index (χ3n) is 3.80.